The fourth-order valence-corrected chi connectivity index (χ4v) is 8.96. The number of benzene rings is 1. The van der Waals surface area contributed by atoms with Crippen LogP contribution in [0.5, 0.6) is 0 Å². The third-order valence-corrected chi connectivity index (χ3v) is 10.7. The Hall–Kier alpha value is -1.18. The van der Waals surface area contributed by atoms with Gasteiger partial charge in [0.25, 0.3) is 0 Å². The highest BCUT2D eigenvalue weighted by molar-refractivity contribution is 9.10. The van der Waals surface area contributed by atoms with E-state index in [0.29, 0.717) is 24.7 Å². The number of Topliss-reactive ketones (excluding diaryl/α,β-unsaturated/α-hetero) is 1. The first kappa shape index (κ1) is 20.7. The Morgan fingerprint density at radius 3 is 2.60 bits per heavy atom. The number of nitrogens with zero attached hydrogens (tertiary/aromatic N) is 2. The first-order valence-electron chi connectivity index (χ1n) is 10.8. The molecule has 1 aromatic carbocycles. The zero-order chi connectivity index (χ0) is 21.5. The third kappa shape index (κ3) is 2.81. The molecule has 0 radical (unpaired) electrons. The van der Waals surface area contributed by atoms with E-state index in [1.165, 1.54) is 3.97 Å². The van der Waals surface area contributed by atoms with Gasteiger partial charge in [-0.3, -0.25) is 4.79 Å². The second kappa shape index (κ2) is 6.66. The van der Waals surface area contributed by atoms with Crippen molar-refractivity contribution in [2.45, 2.75) is 45.4 Å². The van der Waals surface area contributed by atoms with Gasteiger partial charge >= 0.3 is 0 Å². The van der Waals surface area contributed by atoms with Crippen molar-refractivity contribution in [3.8, 4) is 0 Å². The quantitative estimate of drug-likeness (QED) is 0.634. The lowest BCUT2D eigenvalue weighted by molar-refractivity contribution is -0.128. The highest BCUT2D eigenvalue weighted by Gasteiger charge is 2.65. The van der Waals surface area contributed by atoms with Gasteiger partial charge in [-0.05, 0) is 73.9 Å². The van der Waals surface area contributed by atoms with Crippen LogP contribution in [0.2, 0.25) is 0 Å². The molecule has 0 spiro atoms. The van der Waals surface area contributed by atoms with Gasteiger partial charge < -0.3 is 4.90 Å². The summed E-state index contributed by atoms with van der Waals surface area (Å²) in [7, 11) is -1.58. The summed E-state index contributed by atoms with van der Waals surface area (Å²) in [4.78, 5) is 15.2. The number of likely N-dealkylation sites (tertiary alicyclic amines) is 1. The van der Waals surface area contributed by atoms with Gasteiger partial charge in [-0.15, -0.1) is 0 Å². The molecule has 1 aromatic heterocycles. The third-order valence-electron chi connectivity index (χ3n) is 8.46. The minimum absolute atomic E-state index is 0.0911. The largest absolute Gasteiger partial charge is 0.306 e. The molecule has 5 nitrogen and oxygen atoms in total. The molecule has 2 aliphatic carbocycles. The van der Waals surface area contributed by atoms with Crippen molar-refractivity contribution in [3.05, 3.63) is 34.4 Å². The van der Waals surface area contributed by atoms with Crippen LogP contribution in [0.15, 0.2) is 28.9 Å². The first-order chi connectivity index (χ1) is 14.0. The number of ketones is 1. The molecule has 0 N–H and O–H groups in total. The summed E-state index contributed by atoms with van der Waals surface area (Å²) in [5.74, 6) is 0.680. The number of fused-ring (bicyclic) bond motifs is 3. The number of carbonyl (C=O) groups is 1. The van der Waals surface area contributed by atoms with Crippen LogP contribution in [0.3, 0.4) is 0 Å². The van der Waals surface area contributed by atoms with E-state index in [2.05, 4.69) is 41.7 Å². The summed E-state index contributed by atoms with van der Waals surface area (Å²) in [5.41, 5.74) is 0.797. The molecule has 0 amide bonds. The van der Waals surface area contributed by atoms with Gasteiger partial charge in [0, 0.05) is 29.0 Å². The Bertz CT molecular complexity index is 1150. The maximum Gasteiger partial charge on any atom is 0.240 e. The normalized spacial score (nSPS) is 31.3. The monoisotopic (exact) mass is 492 g/mol. The van der Waals surface area contributed by atoms with Crippen LogP contribution >= 0.6 is 15.9 Å². The van der Waals surface area contributed by atoms with Crippen molar-refractivity contribution >= 4 is 42.6 Å². The number of halogens is 1. The molecule has 7 heteroatoms. The Morgan fingerprint density at radius 2 is 2.00 bits per heavy atom. The number of carbonyl (C=O) groups excluding carboxylic acids is 1. The zero-order valence-corrected chi connectivity index (χ0v) is 20.2. The van der Waals surface area contributed by atoms with E-state index in [4.69, 9.17) is 0 Å². The van der Waals surface area contributed by atoms with Gasteiger partial charge in [0.15, 0.2) is 0 Å². The predicted octanol–water partition coefficient (Wildman–Crippen LogP) is 4.40. The van der Waals surface area contributed by atoms with Crippen LogP contribution < -0.4 is 0 Å². The number of hydrogen-bond donors (Lipinski definition) is 0. The number of rotatable bonds is 4. The van der Waals surface area contributed by atoms with E-state index in [1.807, 2.05) is 24.4 Å². The van der Waals surface area contributed by atoms with E-state index in [1.54, 1.807) is 0 Å². The molecule has 1 saturated heterocycles. The highest BCUT2D eigenvalue weighted by atomic mass is 79.9. The van der Waals surface area contributed by atoms with Crippen LogP contribution in [0.4, 0.5) is 0 Å². The van der Waals surface area contributed by atoms with Crippen LogP contribution in [0.1, 0.15) is 51.0 Å². The van der Waals surface area contributed by atoms with Gasteiger partial charge in [-0.1, -0.05) is 29.8 Å². The molecular formula is C23H29BrN2O3S. The molecule has 3 fully saturated rings. The fraction of sp³-hybridized carbons (Fsp3) is 0.609. The molecule has 2 aromatic rings. The second-order valence-electron chi connectivity index (χ2n) is 10.2. The Kier molecular flexibility index (Phi) is 4.60. The molecule has 1 aliphatic heterocycles. The van der Waals surface area contributed by atoms with E-state index < -0.39 is 15.4 Å². The van der Waals surface area contributed by atoms with Gasteiger partial charge in [-0.25, -0.2) is 12.4 Å². The van der Waals surface area contributed by atoms with Crippen molar-refractivity contribution in [2.24, 2.45) is 16.7 Å². The average molecular weight is 493 g/mol. The van der Waals surface area contributed by atoms with Gasteiger partial charge in [0.05, 0.1) is 16.7 Å². The topological polar surface area (TPSA) is 59.4 Å². The summed E-state index contributed by atoms with van der Waals surface area (Å²) >= 11 is 3.55. The summed E-state index contributed by atoms with van der Waals surface area (Å²) < 4.78 is 30.0. The molecule has 2 saturated carbocycles. The lowest BCUT2D eigenvalue weighted by Crippen LogP contribution is -2.43. The first-order valence-corrected chi connectivity index (χ1v) is 13.2. The summed E-state index contributed by atoms with van der Waals surface area (Å²) in [5, 5.41) is 0.993. The van der Waals surface area contributed by atoms with Gasteiger partial charge in [0.1, 0.15) is 5.78 Å². The van der Waals surface area contributed by atoms with Gasteiger partial charge in [-0.2, -0.15) is 0 Å². The van der Waals surface area contributed by atoms with Crippen molar-refractivity contribution in [1.29, 1.82) is 0 Å². The maximum absolute atomic E-state index is 13.8. The SMILES string of the molecule is CN1CCC(c2cn(S(=O)(=O)CC34CCC(CC3=O)C4(C)C)c3ccc(Br)cc23)C1. The molecule has 2 heterocycles. The molecule has 3 unspecified atom stereocenters. The molecule has 5 rings (SSSR count). The van der Waals surface area contributed by atoms with E-state index in [0.717, 1.165) is 46.9 Å². The zero-order valence-electron chi connectivity index (χ0n) is 17.8. The van der Waals surface area contributed by atoms with Crippen molar-refractivity contribution in [2.75, 3.05) is 25.9 Å². The van der Waals surface area contributed by atoms with Crippen LogP contribution in [-0.2, 0) is 14.8 Å². The van der Waals surface area contributed by atoms with E-state index in [-0.39, 0.29) is 17.0 Å². The number of likely N-dealkylation sites (N-methyl/N-ethyl adjacent to an activating group) is 1. The lowest BCUT2D eigenvalue weighted by Gasteiger charge is -2.36. The standard InChI is InChI=1S/C23H29BrN2O3S/c1-22(2)16-6-8-23(22,21(27)10-16)14-30(28,29)26-13-19(15-7-9-25(3)12-15)18-11-17(24)4-5-20(18)26/h4-5,11,13,15-16H,6-10,12,14H2,1-3H3. The minimum atomic E-state index is -3.69. The minimum Gasteiger partial charge on any atom is -0.306 e. The van der Waals surface area contributed by atoms with Crippen molar-refractivity contribution < 1.29 is 13.2 Å². The van der Waals surface area contributed by atoms with E-state index >= 15 is 0 Å². The lowest BCUT2D eigenvalue weighted by atomic mass is 9.70. The van der Waals surface area contributed by atoms with Crippen LogP contribution in [0, 0.1) is 16.7 Å². The summed E-state index contributed by atoms with van der Waals surface area (Å²) in [6.07, 6.45) is 5.04. The van der Waals surface area contributed by atoms with Crippen LogP contribution in [0.25, 0.3) is 10.9 Å². The van der Waals surface area contributed by atoms with Crippen LogP contribution in [-0.4, -0.2) is 49.0 Å². The summed E-state index contributed by atoms with van der Waals surface area (Å²) in [6.45, 7) is 6.14. The molecule has 3 atom stereocenters. The molecule has 162 valence electrons. The number of aromatic nitrogens is 1. The summed E-state index contributed by atoms with van der Waals surface area (Å²) in [6, 6.07) is 5.81. The average Bonchev–Trinajstić information content (AvgIpc) is 3.35. The van der Waals surface area contributed by atoms with Crippen molar-refractivity contribution in [1.82, 2.24) is 8.87 Å². The predicted molar refractivity (Wildman–Crippen MR) is 122 cm³/mol. The highest BCUT2D eigenvalue weighted by Crippen LogP contribution is 2.64. The maximum atomic E-state index is 13.8. The molecule has 3 aliphatic rings. The Morgan fingerprint density at radius 1 is 1.23 bits per heavy atom. The Labute approximate surface area is 187 Å². The number of hydrogen-bond acceptors (Lipinski definition) is 4. The fourth-order valence-electron chi connectivity index (χ4n) is 6.43. The Balaban J connectivity index is 1.62. The molecule has 2 bridgehead atoms. The van der Waals surface area contributed by atoms with Crippen molar-refractivity contribution in [3.63, 3.8) is 0 Å². The van der Waals surface area contributed by atoms with E-state index in [9.17, 15) is 13.2 Å². The van der Waals surface area contributed by atoms with Gasteiger partial charge in [0.2, 0.25) is 10.0 Å². The molecular weight excluding hydrogens is 464 g/mol. The molecule has 30 heavy (non-hydrogen) atoms. The second-order valence-corrected chi connectivity index (χ2v) is 13.0. The smallest absolute Gasteiger partial charge is 0.240 e.